The van der Waals surface area contributed by atoms with Crippen LogP contribution in [0.3, 0.4) is 0 Å². The molecule has 1 aromatic rings. The van der Waals surface area contributed by atoms with Gasteiger partial charge in [-0.2, -0.15) is 0 Å². The Morgan fingerprint density at radius 2 is 2.06 bits per heavy atom. The van der Waals surface area contributed by atoms with Gasteiger partial charge in [-0.05, 0) is 56.4 Å². The van der Waals surface area contributed by atoms with E-state index >= 15 is 0 Å². The molecule has 18 heavy (non-hydrogen) atoms. The summed E-state index contributed by atoms with van der Waals surface area (Å²) in [7, 11) is 0. The SMILES string of the molecule is Fc1ccccc1CCNC1CCN2CCC1C2. The number of nitrogens with one attached hydrogen (secondary N) is 1. The maximum atomic E-state index is 13.5. The Balaban J connectivity index is 1.49. The fraction of sp³-hybridized carbons (Fsp3) is 0.600. The molecule has 3 atom stereocenters. The summed E-state index contributed by atoms with van der Waals surface area (Å²) in [6.07, 6.45) is 3.37. The van der Waals surface area contributed by atoms with E-state index in [-0.39, 0.29) is 5.82 Å². The number of nitrogens with zero attached hydrogens (tertiary/aromatic N) is 1. The molecule has 2 fully saturated rings. The van der Waals surface area contributed by atoms with Gasteiger partial charge < -0.3 is 10.2 Å². The smallest absolute Gasteiger partial charge is 0.126 e. The Morgan fingerprint density at radius 1 is 1.22 bits per heavy atom. The topological polar surface area (TPSA) is 15.3 Å². The van der Waals surface area contributed by atoms with Crippen LogP contribution in [0.2, 0.25) is 0 Å². The summed E-state index contributed by atoms with van der Waals surface area (Å²) in [5.74, 6) is 0.745. The molecule has 2 aliphatic rings. The Bertz CT molecular complexity index is 407. The summed E-state index contributed by atoms with van der Waals surface area (Å²) < 4.78 is 13.5. The molecule has 2 saturated heterocycles. The molecule has 0 amide bonds. The van der Waals surface area contributed by atoms with Gasteiger partial charge in [-0.15, -0.1) is 0 Å². The van der Waals surface area contributed by atoms with Crippen LogP contribution in [0.25, 0.3) is 0 Å². The highest BCUT2D eigenvalue weighted by molar-refractivity contribution is 5.17. The monoisotopic (exact) mass is 248 g/mol. The molecule has 2 nitrogen and oxygen atoms in total. The van der Waals surface area contributed by atoms with Gasteiger partial charge in [0, 0.05) is 12.6 Å². The second-order valence-electron chi connectivity index (χ2n) is 5.54. The van der Waals surface area contributed by atoms with Crippen LogP contribution in [0, 0.1) is 11.7 Å². The van der Waals surface area contributed by atoms with Crippen molar-refractivity contribution in [2.75, 3.05) is 26.2 Å². The Kier molecular flexibility index (Phi) is 3.62. The van der Waals surface area contributed by atoms with E-state index in [0.717, 1.165) is 24.4 Å². The minimum absolute atomic E-state index is 0.0741. The van der Waals surface area contributed by atoms with Gasteiger partial charge >= 0.3 is 0 Å². The number of fused-ring (bicyclic) bond motifs is 2. The molecule has 2 bridgehead atoms. The lowest BCUT2D eigenvalue weighted by atomic mass is 9.94. The molecular weight excluding hydrogens is 227 g/mol. The normalized spacial score (nSPS) is 30.6. The van der Waals surface area contributed by atoms with Gasteiger partial charge in [-0.25, -0.2) is 4.39 Å². The minimum Gasteiger partial charge on any atom is -0.313 e. The molecule has 0 aliphatic carbocycles. The highest BCUT2D eigenvalue weighted by Gasteiger charge is 2.33. The molecule has 0 saturated carbocycles. The zero-order valence-corrected chi connectivity index (χ0v) is 10.7. The molecule has 3 rings (SSSR count). The number of hydrogen-bond donors (Lipinski definition) is 1. The maximum absolute atomic E-state index is 13.5. The van der Waals surface area contributed by atoms with Crippen molar-refractivity contribution in [1.82, 2.24) is 10.2 Å². The zero-order chi connectivity index (χ0) is 12.4. The summed E-state index contributed by atoms with van der Waals surface area (Å²) in [5.41, 5.74) is 0.828. The van der Waals surface area contributed by atoms with Gasteiger partial charge in [0.2, 0.25) is 0 Å². The van der Waals surface area contributed by atoms with Crippen molar-refractivity contribution in [1.29, 1.82) is 0 Å². The molecule has 0 spiro atoms. The number of piperidine rings is 1. The lowest BCUT2D eigenvalue weighted by molar-refractivity contribution is 0.222. The van der Waals surface area contributed by atoms with Gasteiger partial charge in [0.25, 0.3) is 0 Å². The largest absolute Gasteiger partial charge is 0.313 e. The van der Waals surface area contributed by atoms with Gasteiger partial charge in [0.1, 0.15) is 5.82 Å². The van der Waals surface area contributed by atoms with E-state index in [1.807, 2.05) is 12.1 Å². The lowest BCUT2D eigenvalue weighted by Gasteiger charge is -2.31. The maximum Gasteiger partial charge on any atom is 0.126 e. The molecule has 2 aliphatic heterocycles. The lowest BCUT2D eigenvalue weighted by Crippen LogP contribution is -2.44. The van der Waals surface area contributed by atoms with E-state index in [0.29, 0.717) is 6.04 Å². The van der Waals surface area contributed by atoms with Crippen LogP contribution in [-0.4, -0.2) is 37.1 Å². The first-order valence-corrected chi connectivity index (χ1v) is 7.02. The van der Waals surface area contributed by atoms with E-state index in [2.05, 4.69) is 10.2 Å². The third-order valence-corrected chi connectivity index (χ3v) is 4.39. The number of rotatable bonds is 4. The summed E-state index contributed by atoms with van der Waals surface area (Å²) in [4.78, 5) is 2.56. The molecule has 1 N–H and O–H groups in total. The van der Waals surface area contributed by atoms with Crippen molar-refractivity contribution < 1.29 is 4.39 Å². The van der Waals surface area contributed by atoms with Crippen molar-refractivity contribution in [2.24, 2.45) is 5.92 Å². The minimum atomic E-state index is -0.0741. The fourth-order valence-electron chi connectivity index (χ4n) is 3.31. The van der Waals surface area contributed by atoms with Crippen LogP contribution in [0.5, 0.6) is 0 Å². The Morgan fingerprint density at radius 3 is 2.94 bits per heavy atom. The van der Waals surface area contributed by atoms with Gasteiger partial charge in [-0.1, -0.05) is 18.2 Å². The Labute approximate surface area is 108 Å². The average Bonchev–Trinajstić information content (AvgIpc) is 2.77. The van der Waals surface area contributed by atoms with Crippen LogP contribution in [0.4, 0.5) is 4.39 Å². The van der Waals surface area contributed by atoms with E-state index in [4.69, 9.17) is 0 Å². The van der Waals surface area contributed by atoms with Gasteiger partial charge in [0.05, 0.1) is 0 Å². The summed E-state index contributed by atoms with van der Waals surface area (Å²) in [6, 6.07) is 7.74. The van der Waals surface area contributed by atoms with Crippen molar-refractivity contribution in [3.8, 4) is 0 Å². The molecule has 0 aromatic heterocycles. The molecule has 2 heterocycles. The molecular formula is C15H21FN2. The summed E-state index contributed by atoms with van der Waals surface area (Å²) >= 11 is 0. The molecule has 1 aromatic carbocycles. The average molecular weight is 248 g/mol. The van der Waals surface area contributed by atoms with E-state index < -0.39 is 0 Å². The number of benzene rings is 1. The third kappa shape index (κ3) is 2.57. The number of hydrogen-bond acceptors (Lipinski definition) is 2. The predicted octanol–water partition coefficient (Wildman–Crippen LogP) is 2.05. The van der Waals surface area contributed by atoms with E-state index in [1.54, 1.807) is 12.1 Å². The quantitative estimate of drug-likeness (QED) is 0.877. The first kappa shape index (κ1) is 12.1. The first-order valence-electron chi connectivity index (χ1n) is 7.02. The van der Waals surface area contributed by atoms with Gasteiger partial charge in [0.15, 0.2) is 0 Å². The standard InChI is InChI=1S/C15H21FN2/c16-14-4-2-1-3-12(14)5-8-17-15-7-10-18-9-6-13(15)11-18/h1-4,13,15,17H,5-11H2. The molecule has 3 unspecified atom stereocenters. The van der Waals surface area contributed by atoms with Crippen molar-refractivity contribution in [3.05, 3.63) is 35.6 Å². The Hall–Kier alpha value is -0.930. The third-order valence-electron chi connectivity index (χ3n) is 4.39. The highest BCUT2D eigenvalue weighted by atomic mass is 19.1. The molecule has 98 valence electrons. The summed E-state index contributed by atoms with van der Waals surface area (Å²) in [6.45, 7) is 4.66. The van der Waals surface area contributed by atoms with E-state index in [9.17, 15) is 4.39 Å². The van der Waals surface area contributed by atoms with Crippen LogP contribution < -0.4 is 5.32 Å². The molecule has 3 heteroatoms. The van der Waals surface area contributed by atoms with Crippen LogP contribution in [-0.2, 0) is 6.42 Å². The zero-order valence-electron chi connectivity index (χ0n) is 10.7. The summed E-state index contributed by atoms with van der Waals surface area (Å²) in [5, 5.41) is 3.63. The second-order valence-corrected chi connectivity index (χ2v) is 5.54. The fourth-order valence-corrected chi connectivity index (χ4v) is 3.31. The van der Waals surface area contributed by atoms with Crippen LogP contribution >= 0.6 is 0 Å². The van der Waals surface area contributed by atoms with E-state index in [1.165, 1.54) is 32.5 Å². The van der Waals surface area contributed by atoms with Crippen molar-refractivity contribution in [2.45, 2.75) is 25.3 Å². The second kappa shape index (κ2) is 5.37. The van der Waals surface area contributed by atoms with Crippen molar-refractivity contribution in [3.63, 3.8) is 0 Å². The predicted molar refractivity (Wildman–Crippen MR) is 71.1 cm³/mol. The van der Waals surface area contributed by atoms with Crippen LogP contribution in [0.15, 0.2) is 24.3 Å². The highest BCUT2D eigenvalue weighted by Crippen LogP contribution is 2.26. The molecule has 0 radical (unpaired) electrons. The first-order chi connectivity index (χ1) is 8.83. The van der Waals surface area contributed by atoms with Crippen LogP contribution in [0.1, 0.15) is 18.4 Å². The van der Waals surface area contributed by atoms with Crippen molar-refractivity contribution >= 4 is 0 Å². The number of halogens is 1. The van der Waals surface area contributed by atoms with Gasteiger partial charge in [-0.3, -0.25) is 0 Å².